The zero-order chi connectivity index (χ0) is 17.3. The standard InChI is InChI=1S/C17H19ClFN3O2.ClH/c1-9-14(17(23)21-11-7-5-10(20)6-8-11)16(22-24-9)15-12(18)3-2-4-13(15)19;/h2-4,10-11H,5-8,20H2,1H3,(H,21,23);1H. The van der Waals surface area contributed by atoms with E-state index in [2.05, 4.69) is 10.5 Å². The summed E-state index contributed by atoms with van der Waals surface area (Å²) in [5.74, 6) is -0.550. The number of carbonyl (C=O) groups is 1. The molecule has 0 saturated heterocycles. The van der Waals surface area contributed by atoms with Gasteiger partial charge in [-0.2, -0.15) is 0 Å². The Kier molecular flexibility index (Phi) is 6.43. The predicted molar refractivity (Wildman–Crippen MR) is 96.6 cm³/mol. The molecule has 1 aromatic heterocycles. The maximum absolute atomic E-state index is 14.2. The molecule has 8 heteroatoms. The summed E-state index contributed by atoms with van der Waals surface area (Å²) in [6.45, 7) is 1.62. The summed E-state index contributed by atoms with van der Waals surface area (Å²) in [4.78, 5) is 12.7. The first-order valence-electron chi connectivity index (χ1n) is 7.94. The highest BCUT2D eigenvalue weighted by Gasteiger charge is 2.28. The van der Waals surface area contributed by atoms with Crippen molar-refractivity contribution in [1.29, 1.82) is 0 Å². The third-order valence-corrected chi connectivity index (χ3v) is 4.71. The Bertz CT molecular complexity index is 738. The molecular formula is C17H20Cl2FN3O2. The van der Waals surface area contributed by atoms with Gasteiger partial charge in [0.2, 0.25) is 0 Å². The molecule has 1 aliphatic carbocycles. The maximum Gasteiger partial charge on any atom is 0.257 e. The number of aryl methyl sites for hydroxylation is 1. The average molecular weight is 388 g/mol. The van der Waals surface area contributed by atoms with E-state index in [0.29, 0.717) is 5.76 Å². The van der Waals surface area contributed by atoms with Crippen LogP contribution in [0.1, 0.15) is 41.8 Å². The van der Waals surface area contributed by atoms with E-state index in [0.717, 1.165) is 25.7 Å². The molecule has 136 valence electrons. The van der Waals surface area contributed by atoms with E-state index in [-0.39, 0.29) is 52.2 Å². The highest BCUT2D eigenvalue weighted by molar-refractivity contribution is 6.33. The molecule has 1 heterocycles. The smallest absolute Gasteiger partial charge is 0.257 e. The van der Waals surface area contributed by atoms with E-state index in [4.69, 9.17) is 21.9 Å². The van der Waals surface area contributed by atoms with Crippen LogP contribution in [0.2, 0.25) is 5.02 Å². The van der Waals surface area contributed by atoms with Crippen LogP contribution in [0.15, 0.2) is 22.7 Å². The minimum Gasteiger partial charge on any atom is -0.360 e. The molecule has 1 fully saturated rings. The first-order chi connectivity index (χ1) is 11.5. The first-order valence-corrected chi connectivity index (χ1v) is 8.32. The lowest BCUT2D eigenvalue weighted by atomic mass is 9.91. The molecule has 0 aliphatic heterocycles. The lowest BCUT2D eigenvalue weighted by molar-refractivity contribution is 0.0925. The van der Waals surface area contributed by atoms with Gasteiger partial charge < -0.3 is 15.6 Å². The molecule has 1 aromatic carbocycles. The Morgan fingerprint density at radius 1 is 1.36 bits per heavy atom. The Balaban J connectivity index is 0.00000225. The van der Waals surface area contributed by atoms with Crippen LogP contribution in [-0.4, -0.2) is 23.1 Å². The monoisotopic (exact) mass is 387 g/mol. The summed E-state index contributed by atoms with van der Waals surface area (Å²) < 4.78 is 19.3. The van der Waals surface area contributed by atoms with Crippen LogP contribution >= 0.6 is 24.0 Å². The number of halogens is 3. The molecule has 3 rings (SSSR count). The molecule has 0 unspecified atom stereocenters. The van der Waals surface area contributed by atoms with E-state index in [9.17, 15) is 9.18 Å². The first kappa shape index (κ1) is 19.7. The van der Waals surface area contributed by atoms with Crippen molar-refractivity contribution in [3.8, 4) is 11.3 Å². The number of amides is 1. The van der Waals surface area contributed by atoms with Gasteiger partial charge in [-0.25, -0.2) is 4.39 Å². The molecule has 2 aromatic rings. The summed E-state index contributed by atoms with van der Waals surface area (Å²) >= 11 is 6.09. The lowest BCUT2D eigenvalue weighted by Gasteiger charge is -2.26. The number of hydrogen-bond acceptors (Lipinski definition) is 4. The molecule has 0 spiro atoms. The van der Waals surface area contributed by atoms with Crippen molar-refractivity contribution in [2.45, 2.75) is 44.7 Å². The van der Waals surface area contributed by atoms with Crippen molar-refractivity contribution < 1.29 is 13.7 Å². The largest absolute Gasteiger partial charge is 0.360 e. The van der Waals surface area contributed by atoms with Crippen LogP contribution in [-0.2, 0) is 0 Å². The van der Waals surface area contributed by atoms with Gasteiger partial charge >= 0.3 is 0 Å². The third-order valence-electron chi connectivity index (χ3n) is 4.40. The van der Waals surface area contributed by atoms with Crippen molar-refractivity contribution in [3.05, 3.63) is 40.4 Å². The van der Waals surface area contributed by atoms with Gasteiger partial charge in [0.25, 0.3) is 5.91 Å². The van der Waals surface area contributed by atoms with Crippen LogP contribution in [0.3, 0.4) is 0 Å². The summed E-state index contributed by atoms with van der Waals surface area (Å²) in [7, 11) is 0. The number of rotatable bonds is 3. The summed E-state index contributed by atoms with van der Waals surface area (Å²) in [5.41, 5.74) is 6.31. The second kappa shape index (κ2) is 8.17. The van der Waals surface area contributed by atoms with Crippen LogP contribution in [0.4, 0.5) is 4.39 Å². The highest BCUT2D eigenvalue weighted by atomic mass is 35.5. The molecule has 0 bridgehead atoms. The normalized spacial score (nSPS) is 20.0. The topological polar surface area (TPSA) is 81.2 Å². The van der Waals surface area contributed by atoms with E-state index >= 15 is 0 Å². The molecule has 3 N–H and O–H groups in total. The molecule has 1 amide bonds. The second-order valence-corrected chi connectivity index (χ2v) is 6.55. The van der Waals surface area contributed by atoms with Gasteiger partial charge in [0.05, 0.1) is 10.6 Å². The van der Waals surface area contributed by atoms with Gasteiger partial charge in [0, 0.05) is 12.1 Å². The van der Waals surface area contributed by atoms with Crippen molar-refractivity contribution in [1.82, 2.24) is 10.5 Å². The zero-order valence-corrected chi connectivity index (χ0v) is 15.3. The van der Waals surface area contributed by atoms with Gasteiger partial charge in [-0.3, -0.25) is 4.79 Å². The second-order valence-electron chi connectivity index (χ2n) is 6.14. The molecule has 1 aliphatic rings. The minimum absolute atomic E-state index is 0. The lowest BCUT2D eigenvalue weighted by Crippen LogP contribution is -2.40. The third kappa shape index (κ3) is 4.14. The van der Waals surface area contributed by atoms with E-state index < -0.39 is 5.82 Å². The van der Waals surface area contributed by atoms with Gasteiger partial charge in [-0.05, 0) is 44.7 Å². The molecule has 1 saturated carbocycles. The number of nitrogens with two attached hydrogens (primary N) is 1. The summed E-state index contributed by atoms with van der Waals surface area (Å²) in [5, 5.41) is 7.01. The molecule has 0 atom stereocenters. The van der Waals surface area contributed by atoms with Crippen LogP contribution in [0.5, 0.6) is 0 Å². The quantitative estimate of drug-likeness (QED) is 0.837. The molecule has 25 heavy (non-hydrogen) atoms. The number of nitrogens with one attached hydrogen (secondary N) is 1. The Hall–Kier alpha value is -1.63. The van der Waals surface area contributed by atoms with Gasteiger partial charge in [0.15, 0.2) is 0 Å². The van der Waals surface area contributed by atoms with Crippen LogP contribution < -0.4 is 11.1 Å². The number of carbonyl (C=O) groups excluding carboxylic acids is 1. The highest BCUT2D eigenvalue weighted by Crippen LogP contribution is 2.33. The van der Waals surface area contributed by atoms with Crippen molar-refractivity contribution in [2.75, 3.05) is 0 Å². The number of aromatic nitrogens is 1. The Labute approximate surface area is 156 Å². The van der Waals surface area contributed by atoms with Crippen molar-refractivity contribution in [3.63, 3.8) is 0 Å². The fourth-order valence-corrected chi connectivity index (χ4v) is 3.31. The number of nitrogens with zero attached hydrogens (tertiary/aromatic N) is 1. The van der Waals surface area contributed by atoms with Crippen molar-refractivity contribution >= 4 is 29.9 Å². The summed E-state index contributed by atoms with van der Waals surface area (Å²) in [6, 6.07) is 4.57. The Morgan fingerprint density at radius 3 is 2.68 bits per heavy atom. The number of benzene rings is 1. The fraction of sp³-hybridized carbons (Fsp3) is 0.412. The van der Waals surface area contributed by atoms with Gasteiger partial charge in [-0.1, -0.05) is 22.8 Å². The van der Waals surface area contributed by atoms with Gasteiger partial charge in [-0.15, -0.1) is 12.4 Å². The average Bonchev–Trinajstić information content (AvgIpc) is 2.91. The predicted octanol–water partition coefficient (Wildman–Crippen LogP) is 3.86. The fourth-order valence-electron chi connectivity index (χ4n) is 3.06. The van der Waals surface area contributed by atoms with Gasteiger partial charge in [0.1, 0.15) is 22.8 Å². The summed E-state index contributed by atoms with van der Waals surface area (Å²) in [6.07, 6.45) is 3.40. The SMILES string of the molecule is Cc1onc(-c2c(F)cccc2Cl)c1C(=O)NC1CCC(N)CC1.Cl. The minimum atomic E-state index is -0.548. The Morgan fingerprint density at radius 2 is 2.04 bits per heavy atom. The van der Waals surface area contributed by atoms with E-state index in [1.54, 1.807) is 13.0 Å². The molecular weight excluding hydrogens is 368 g/mol. The zero-order valence-electron chi connectivity index (χ0n) is 13.7. The maximum atomic E-state index is 14.2. The van der Waals surface area contributed by atoms with Crippen molar-refractivity contribution in [2.24, 2.45) is 5.73 Å². The van der Waals surface area contributed by atoms with E-state index in [1.165, 1.54) is 12.1 Å². The van der Waals surface area contributed by atoms with Crippen LogP contribution in [0.25, 0.3) is 11.3 Å². The van der Waals surface area contributed by atoms with E-state index in [1.807, 2.05) is 0 Å². The molecule has 0 radical (unpaired) electrons. The molecule has 5 nitrogen and oxygen atoms in total. The van der Waals surface area contributed by atoms with Crippen LogP contribution in [0, 0.1) is 12.7 Å². The number of hydrogen-bond donors (Lipinski definition) is 2.